The number of fused-ring (bicyclic) bond motifs is 1. The number of aromatic nitrogens is 2. The van der Waals surface area contributed by atoms with Crippen molar-refractivity contribution in [1.82, 2.24) is 9.38 Å². The van der Waals surface area contributed by atoms with Gasteiger partial charge in [-0.05, 0) is 82.5 Å². The summed E-state index contributed by atoms with van der Waals surface area (Å²) < 4.78 is 2.00. The van der Waals surface area contributed by atoms with Crippen molar-refractivity contribution >= 4 is 40.4 Å². The van der Waals surface area contributed by atoms with E-state index >= 15 is 0 Å². The van der Waals surface area contributed by atoms with Crippen LogP contribution in [0.1, 0.15) is 47.1 Å². The van der Waals surface area contributed by atoms with Crippen molar-refractivity contribution in [3.8, 4) is 6.07 Å². The molecular formula is C29H22ClN3O2. The van der Waals surface area contributed by atoms with E-state index in [1.54, 1.807) is 18.3 Å². The first-order valence-electron chi connectivity index (χ1n) is 11.4. The van der Waals surface area contributed by atoms with E-state index in [4.69, 9.17) is 16.7 Å². The van der Waals surface area contributed by atoms with Crippen LogP contribution in [-0.2, 0) is 4.79 Å². The summed E-state index contributed by atoms with van der Waals surface area (Å²) in [5.41, 5.74) is 7.43. The molecule has 1 aliphatic carbocycles. The Bertz CT molecular complexity index is 1520. The number of imidazole rings is 1. The fourth-order valence-electron chi connectivity index (χ4n) is 4.53. The van der Waals surface area contributed by atoms with Gasteiger partial charge in [-0.2, -0.15) is 5.26 Å². The molecule has 0 atom stereocenters. The SMILES string of the molecule is N#Cc1ccc(/C(=C(\c2ccc(/C=C/C(=O)O)cc2)c2ccc3nccn3c2)C2CCC2)c(Cl)c1. The third kappa shape index (κ3) is 4.62. The third-order valence-corrected chi connectivity index (χ3v) is 6.78. The predicted octanol–water partition coefficient (Wildman–Crippen LogP) is 6.72. The minimum absolute atomic E-state index is 0.348. The molecule has 5 nitrogen and oxygen atoms in total. The number of nitriles is 1. The van der Waals surface area contributed by atoms with Gasteiger partial charge in [-0.3, -0.25) is 0 Å². The van der Waals surface area contributed by atoms with Gasteiger partial charge in [0.15, 0.2) is 0 Å². The molecule has 1 N–H and O–H groups in total. The lowest BCUT2D eigenvalue weighted by atomic mass is 9.73. The number of aliphatic carboxylic acids is 1. The largest absolute Gasteiger partial charge is 0.478 e. The number of nitrogens with zero attached hydrogens (tertiary/aromatic N) is 3. The Labute approximate surface area is 208 Å². The van der Waals surface area contributed by atoms with Crippen LogP contribution < -0.4 is 0 Å². The summed E-state index contributed by atoms with van der Waals surface area (Å²) in [6.45, 7) is 0. The summed E-state index contributed by atoms with van der Waals surface area (Å²) in [7, 11) is 0. The maximum atomic E-state index is 10.9. The number of carbonyl (C=O) groups is 1. The van der Waals surface area contributed by atoms with E-state index in [1.807, 2.05) is 53.1 Å². The highest BCUT2D eigenvalue weighted by atomic mass is 35.5. The summed E-state index contributed by atoms with van der Waals surface area (Å²) in [4.78, 5) is 15.3. The molecule has 5 rings (SSSR count). The molecule has 1 aliphatic rings. The van der Waals surface area contributed by atoms with Gasteiger partial charge in [-0.25, -0.2) is 9.78 Å². The molecule has 2 aromatic carbocycles. The molecule has 0 radical (unpaired) electrons. The molecule has 0 bridgehead atoms. The highest BCUT2D eigenvalue weighted by Gasteiger charge is 2.28. The van der Waals surface area contributed by atoms with E-state index in [1.165, 1.54) is 5.57 Å². The summed E-state index contributed by atoms with van der Waals surface area (Å²) in [6, 6.07) is 19.6. The van der Waals surface area contributed by atoms with Crippen LogP contribution in [0.5, 0.6) is 0 Å². The lowest BCUT2D eigenvalue weighted by molar-refractivity contribution is -0.131. The molecule has 1 saturated carbocycles. The smallest absolute Gasteiger partial charge is 0.328 e. The molecule has 1 fully saturated rings. The number of hydrogen-bond donors (Lipinski definition) is 1. The van der Waals surface area contributed by atoms with Gasteiger partial charge >= 0.3 is 5.97 Å². The molecule has 6 heteroatoms. The lowest BCUT2D eigenvalue weighted by Gasteiger charge is -2.32. The Hall–Kier alpha value is -4.14. The quantitative estimate of drug-likeness (QED) is 0.246. The van der Waals surface area contributed by atoms with Crippen molar-refractivity contribution in [2.45, 2.75) is 19.3 Å². The van der Waals surface area contributed by atoms with Crippen molar-refractivity contribution in [3.05, 3.63) is 112 Å². The number of hydrogen-bond acceptors (Lipinski definition) is 3. The zero-order valence-corrected chi connectivity index (χ0v) is 19.6. The molecule has 0 spiro atoms. The van der Waals surface area contributed by atoms with E-state index < -0.39 is 5.97 Å². The monoisotopic (exact) mass is 479 g/mol. The van der Waals surface area contributed by atoms with Crippen molar-refractivity contribution in [1.29, 1.82) is 5.26 Å². The van der Waals surface area contributed by atoms with Gasteiger partial charge in [0, 0.05) is 29.7 Å². The first kappa shape index (κ1) is 22.6. The summed E-state index contributed by atoms with van der Waals surface area (Å²) in [5, 5.41) is 18.9. The first-order chi connectivity index (χ1) is 17.0. The zero-order chi connectivity index (χ0) is 24.4. The molecule has 2 heterocycles. The lowest BCUT2D eigenvalue weighted by Crippen LogP contribution is -2.15. The average molecular weight is 480 g/mol. The number of halogens is 1. The fraction of sp³-hybridized carbons (Fsp3) is 0.138. The van der Waals surface area contributed by atoms with Crippen LogP contribution in [0.3, 0.4) is 0 Å². The van der Waals surface area contributed by atoms with Gasteiger partial charge in [0.25, 0.3) is 0 Å². The van der Waals surface area contributed by atoms with Gasteiger partial charge in [0.05, 0.1) is 11.6 Å². The van der Waals surface area contributed by atoms with Crippen LogP contribution >= 0.6 is 11.6 Å². The van der Waals surface area contributed by atoms with Gasteiger partial charge in [-0.1, -0.05) is 48.4 Å². The molecule has 0 aliphatic heterocycles. The average Bonchev–Trinajstić information content (AvgIpc) is 3.30. The Morgan fingerprint density at radius 3 is 2.54 bits per heavy atom. The van der Waals surface area contributed by atoms with Crippen LogP contribution in [0.4, 0.5) is 0 Å². The van der Waals surface area contributed by atoms with E-state index in [-0.39, 0.29) is 0 Å². The normalized spacial score (nSPS) is 14.5. The second-order valence-electron chi connectivity index (χ2n) is 8.63. The summed E-state index contributed by atoms with van der Waals surface area (Å²) in [6.07, 6.45) is 11.8. The number of rotatable bonds is 6. The van der Waals surface area contributed by atoms with Crippen LogP contribution in [0.25, 0.3) is 22.9 Å². The van der Waals surface area contributed by atoms with E-state index in [2.05, 4.69) is 23.3 Å². The molecule has 0 saturated heterocycles. The molecule has 2 aromatic heterocycles. The Morgan fingerprint density at radius 2 is 1.89 bits per heavy atom. The Kier molecular flexibility index (Phi) is 6.22. The van der Waals surface area contributed by atoms with Gasteiger partial charge < -0.3 is 9.51 Å². The van der Waals surface area contributed by atoms with E-state index in [0.29, 0.717) is 16.5 Å². The minimum Gasteiger partial charge on any atom is -0.478 e. The number of allylic oxidation sites excluding steroid dienone is 1. The molecule has 0 unspecified atom stereocenters. The minimum atomic E-state index is -0.981. The topological polar surface area (TPSA) is 78.4 Å². The van der Waals surface area contributed by atoms with Crippen LogP contribution in [0.15, 0.2) is 79.3 Å². The predicted molar refractivity (Wildman–Crippen MR) is 138 cm³/mol. The summed E-state index contributed by atoms with van der Waals surface area (Å²) >= 11 is 6.76. The number of benzene rings is 2. The summed E-state index contributed by atoms with van der Waals surface area (Å²) in [5.74, 6) is -0.633. The third-order valence-electron chi connectivity index (χ3n) is 6.47. The highest BCUT2D eigenvalue weighted by molar-refractivity contribution is 6.33. The van der Waals surface area contributed by atoms with E-state index in [9.17, 15) is 10.1 Å². The maximum Gasteiger partial charge on any atom is 0.328 e. The van der Waals surface area contributed by atoms with Gasteiger partial charge in [0.1, 0.15) is 5.65 Å². The van der Waals surface area contributed by atoms with Gasteiger partial charge in [-0.15, -0.1) is 0 Å². The van der Waals surface area contributed by atoms with Crippen molar-refractivity contribution in [2.24, 2.45) is 5.92 Å². The molecule has 4 aromatic rings. The number of carboxylic acid groups (broad SMARTS) is 1. The fourth-order valence-corrected chi connectivity index (χ4v) is 4.82. The Morgan fingerprint density at radius 1 is 1.11 bits per heavy atom. The number of carboxylic acids is 1. The molecule has 35 heavy (non-hydrogen) atoms. The number of pyridine rings is 1. The Balaban J connectivity index is 1.75. The van der Waals surface area contributed by atoms with Crippen LogP contribution in [-0.4, -0.2) is 20.5 Å². The molecular weight excluding hydrogens is 458 g/mol. The second-order valence-corrected chi connectivity index (χ2v) is 9.03. The zero-order valence-electron chi connectivity index (χ0n) is 18.9. The van der Waals surface area contributed by atoms with Crippen LogP contribution in [0, 0.1) is 17.2 Å². The van der Waals surface area contributed by atoms with Crippen molar-refractivity contribution < 1.29 is 9.90 Å². The van der Waals surface area contributed by atoms with E-state index in [0.717, 1.165) is 58.8 Å². The maximum absolute atomic E-state index is 10.9. The van der Waals surface area contributed by atoms with Gasteiger partial charge in [0.2, 0.25) is 0 Å². The van der Waals surface area contributed by atoms with Crippen molar-refractivity contribution in [3.63, 3.8) is 0 Å². The van der Waals surface area contributed by atoms with Crippen molar-refractivity contribution in [2.75, 3.05) is 0 Å². The first-order valence-corrected chi connectivity index (χ1v) is 11.8. The second kappa shape index (κ2) is 9.61. The highest BCUT2D eigenvalue weighted by Crippen LogP contribution is 2.46. The standard InChI is InChI=1S/C29H22ClN3O2/c30-25-16-20(17-31)6-11-24(25)29(21-2-1-3-21)28(23-10-12-26-32-14-15-33(26)18-23)22-8-4-19(5-9-22)7-13-27(34)35/h4-16,18,21H,1-3H2,(H,34,35)/b13-7+,29-28+. The molecule has 0 amide bonds. The van der Waals surface area contributed by atoms with Crippen LogP contribution in [0.2, 0.25) is 5.02 Å². The molecule has 172 valence electrons.